The molecule has 1 fully saturated rings. The van der Waals surface area contributed by atoms with Crippen molar-refractivity contribution in [1.29, 1.82) is 0 Å². The number of carbonyl (C=O) groups excluding carboxylic acids is 1. The van der Waals surface area contributed by atoms with Gasteiger partial charge >= 0.3 is 5.92 Å². The van der Waals surface area contributed by atoms with E-state index in [0.717, 1.165) is 37.3 Å². The Morgan fingerprint density at radius 3 is 2.60 bits per heavy atom. The highest BCUT2D eigenvalue weighted by Crippen LogP contribution is 2.51. The van der Waals surface area contributed by atoms with E-state index in [0.29, 0.717) is 5.82 Å². The van der Waals surface area contributed by atoms with Gasteiger partial charge in [-0.2, -0.15) is 8.78 Å². The fourth-order valence-corrected chi connectivity index (χ4v) is 5.76. The largest absolute Gasteiger partial charge is 0.382 e. The van der Waals surface area contributed by atoms with Gasteiger partial charge in [-0.25, -0.2) is 9.97 Å². The number of aromatic nitrogens is 3. The van der Waals surface area contributed by atoms with Gasteiger partial charge in [0.25, 0.3) is 5.91 Å². The molecule has 0 bridgehead atoms. The summed E-state index contributed by atoms with van der Waals surface area (Å²) in [6, 6.07) is 11.3. The standard InChI is InChI=1S/C25H25F2N7O/c26-25(27)14-34(17-6-3-9-30-21(17)25)23(35)19-22(29)32-18(13-31-19)33-10-7-24(8-11-33)12-15-4-1-2-5-16(15)20(24)28/h1-6,9,13,20H,7-8,10-12,14,28H2,(H2,29,32). The highest BCUT2D eigenvalue weighted by Gasteiger charge is 2.48. The Labute approximate surface area is 201 Å². The SMILES string of the molecule is Nc1nc(N2CCC3(CC2)Cc2ccccc2C3N)cnc1C(=O)N1CC(F)(F)c2ncccc21. The maximum Gasteiger partial charge on any atom is 0.309 e. The third-order valence-electron chi connectivity index (χ3n) is 7.69. The maximum absolute atomic E-state index is 14.4. The van der Waals surface area contributed by atoms with E-state index in [1.165, 1.54) is 35.7 Å². The first-order valence-corrected chi connectivity index (χ1v) is 11.7. The number of fused-ring (bicyclic) bond motifs is 2. The molecule has 1 unspecified atom stereocenters. The van der Waals surface area contributed by atoms with Crippen LogP contribution in [0, 0.1) is 5.41 Å². The van der Waals surface area contributed by atoms with E-state index < -0.39 is 24.1 Å². The molecule has 3 aromatic rings. The first-order valence-electron chi connectivity index (χ1n) is 11.7. The Morgan fingerprint density at radius 2 is 1.86 bits per heavy atom. The van der Waals surface area contributed by atoms with Crippen molar-refractivity contribution in [3.05, 3.63) is 71.3 Å². The Balaban J connectivity index is 1.19. The van der Waals surface area contributed by atoms with Gasteiger partial charge in [-0.05, 0) is 47.9 Å². The maximum atomic E-state index is 14.4. The summed E-state index contributed by atoms with van der Waals surface area (Å²) < 4.78 is 28.7. The van der Waals surface area contributed by atoms with Crippen molar-refractivity contribution in [3.63, 3.8) is 0 Å². The molecule has 1 spiro atoms. The van der Waals surface area contributed by atoms with E-state index >= 15 is 0 Å². The summed E-state index contributed by atoms with van der Waals surface area (Å²) >= 11 is 0. The lowest BCUT2D eigenvalue weighted by molar-refractivity contribution is 0.00971. The fraction of sp³-hybridized carbons (Fsp3) is 0.360. The van der Waals surface area contributed by atoms with Crippen LogP contribution in [0.15, 0.2) is 48.8 Å². The van der Waals surface area contributed by atoms with Gasteiger partial charge in [-0.15, -0.1) is 0 Å². The molecule has 3 aliphatic rings. The summed E-state index contributed by atoms with van der Waals surface area (Å²) in [6.45, 7) is 0.666. The molecule has 4 heterocycles. The van der Waals surface area contributed by atoms with E-state index in [2.05, 4.69) is 38.1 Å². The number of amides is 1. The topological polar surface area (TPSA) is 114 Å². The van der Waals surface area contributed by atoms with Gasteiger partial charge in [0.15, 0.2) is 11.5 Å². The van der Waals surface area contributed by atoms with Crippen molar-refractivity contribution >= 4 is 23.2 Å². The Bertz CT molecular complexity index is 1320. The zero-order chi connectivity index (χ0) is 24.4. The predicted molar refractivity (Wildman–Crippen MR) is 127 cm³/mol. The molecule has 180 valence electrons. The highest BCUT2D eigenvalue weighted by atomic mass is 19.3. The lowest BCUT2D eigenvalue weighted by Gasteiger charge is -2.42. The van der Waals surface area contributed by atoms with Gasteiger partial charge < -0.3 is 16.4 Å². The molecule has 1 atom stereocenters. The first-order chi connectivity index (χ1) is 16.8. The van der Waals surface area contributed by atoms with E-state index in [-0.39, 0.29) is 28.7 Å². The van der Waals surface area contributed by atoms with Crippen molar-refractivity contribution in [2.75, 3.05) is 35.2 Å². The van der Waals surface area contributed by atoms with Gasteiger partial charge in [-0.1, -0.05) is 24.3 Å². The number of nitrogens with zero attached hydrogens (tertiary/aromatic N) is 5. The number of nitrogens with two attached hydrogens (primary N) is 2. The smallest absolute Gasteiger partial charge is 0.309 e. The summed E-state index contributed by atoms with van der Waals surface area (Å²) in [6.07, 6.45) is 5.54. The molecule has 10 heteroatoms. The number of benzene rings is 1. The first kappa shape index (κ1) is 21.8. The lowest BCUT2D eigenvalue weighted by Crippen LogP contribution is -2.44. The van der Waals surface area contributed by atoms with Crippen LogP contribution in [0.4, 0.5) is 26.1 Å². The van der Waals surface area contributed by atoms with Crippen LogP contribution in [0.3, 0.4) is 0 Å². The van der Waals surface area contributed by atoms with Crippen molar-refractivity contribution in [2.24, 2.45) is 11.1 Å². The number of nitrogen functional groups attached to an aromatic ring is 1. The minimum atomic E-state index is -3.24. The number of alkyl halides is 2. The van der Waals surface area contributed by atoms with Gasteiger partial charge in [0, 0.05) is 25.3 Å². The summed E-state index contributed by atoms with van der Waals surface area (Å²) in [7, 11) is 0. The normalized spacial score (nSPS) is 21.7. The predicted octanol–water partition coefficient (Wildman–Crippen LogP) is 3.05. The van der Waals surface area contributed by atoms with Crippen LogP contribution in [0.1, 0.15) is 46.2 Å². The Hall–Kier alpha value is -3.66. The minimum Gasteiger partial charge on any atom is -0.382 e. The number of halogens is 2. The van der Waals surface area contributed by atoms with Crippen LogP contribution < -0.4 is 21.3 Å². The van der Waals surface area contributed by atoms with Crippen LogP contribution in [0.5, 0.6) is 0 Å². The molecule has 2 aromatic heterocycles. The molecule has 8 nitrogen and oxygen atoms in total. The molecule has 4 N–H and O–H groups in total. The van der Waals surface area contributed by atoms with Crippen LogP contribution in [-0.4, -0.2) is 40.5 Å². The molecular formula is C25H25F2N7O. The number of piperidine rings is 1. The molecule has 6 rings (SSSR count). The minimum absolute atomic E-state index is 0.00737. The molecule has 0 radical (unpaired) electrons. The number of hydrogen-bond donors (Lipinski definition) is 2. The van der Waals surface area contributed by atoms with Crippen LogP contribution in [-0.2, 0) is 12.3 Å². The van der Waals surface area contributed by atoms with Crippen molar-refractivity contribution in [1.82, 2.24) is 15.0 Å². The third kappa shape index (κ3) is 3.35. The zero-order valence-electron chi connectivity index (χ0n) is 19.0. The van der Waals surface area contributed by atoms with Crippen molar-refractivity contribution in [2.45, 2.75) is 31.2 Å². The number of anilines is 3. The lowest BCUT2D eigenvalue weighted by atomic mass is 9.73. The summed E-state index contributed by atoms with van der Waals surface area (Å²) in [5.41, 5.74) is 14.8. The quantitative estimate of drug-likeness (QED) is 0.583. The van der Waals surface area contributed by atoms with Crippen LogP contribution >= 0.6 is 0 Å². The fourth-order valence-electron chi connectivity index (χ4n) is 5.76. The van der Waals surface area contributed by atoms with Crippen LogP contribution in [0.2, 0.25) is 0 Å². The Kier molecular flexibility index (Phi) is 4.79. The van der Waals surface area contributed by atoms with Crippen molar-refractivity contribution in [3.8, 4) is 0 Å². The van der Waals surface area contributed by atoms with Gasteiger partial charge in [-0.3, -0.25) is 14.7 Å². The van der Waals surface area contributed by atoms with Gasteiger partial charge in [0.2, 0.25) is 0 Å². The number of hydrogen-bond acceptors (Lipinski definition) is 7. The van der Waals surface area contributed by atoms with E-state index in [9.17, 15) is 13.6 Å². The molecule has 2 aliphatic heterocycles. The number of carbonyl (C=O) groups is 1. The monoisotopic (exact) mass is 477 g/mol. The van der Waals surface area contributed by atoms with Gasteiger partial charge in [0.05, 0.1) is 18.4 Å². The molecule has 1 aliphatic carbocycles. The van der Waals surface area contributed by atoms with E-state index in [1.807, 2.05) is 6.07 Å². The summed E-state index contributed by atoms with van der Waals surface area (Å²) in [5, 5.41) is 0. The van der Waals surface area contributed by atoms with Gasteiger partial charge in [0.1, 0.15) is 11.5 Å². The van der Waals surface area contributed by atoms with E-state index in [1.54, 1.807) is 0 Å². The Morgan fingerprint density at radius 1 is 1.09 bits per heavy atom. The zero-order valence-corrected chi connectivity index (χ0v) is 19.0. The number of pyridine rings is 1. The molecule has 0 saturated carbocycles. The van der Waals surface area contributed by atoms with Crippen molar-refractivity contribution < 1.29 is 13.6 Å². The summed E-state index contributed by atoms with van der Waals surface area (Å²) in [4.78, 5) is 28.5. The second kappa shape index (κ2) is 7.67. The molecule has 1 amide bonds. The van der Waals surface area contributed by atoms with Crippen LogP contribution in [0.25, 0.3) is 0 Å². The molecule has 1 saturated heterocycles. The average Bonchev–Trinajstić information content (AvgIpc) is 3.30. The van der Waals surface area contributed by atoms with E-state index in [4.69, 9.17) is 11.5 Å². The molecular weight excluding hydrogens is 452 g/mol. The summed E-state index contributed by atoms with van der Waals surface area (Å²) in [5.74, 6) is -3.48. The third-order valence-corrected chi connectivity index (χ3v) is 7.69. The average molecular weight is 478 g/mol. The molecule has 1 aromatic carbocycles. The highest BCUT2D eigenvalue weighted by molar-refractivity contribution is 6.08. The molecule has 35 heavy (non-hydrogen) atoms. The number of rotatable bonds is 2. The second-order valence-corrected chi connectivity index (χ2v) is 9.63. The second-order valence-electron chi connectivity index (χ2n) is 9.63.